The summed E-state index contributed by atoms with van der Waals surface area (Å²) in [5.41, 5.74) is 0. The van der Waals surface area contributed by atoms with Crippen LogP contribution in [0.3, 0.4) is 0 Å². The highest BCUT2D eigenvalue weighted by atomic mass is 16.5. The summed E-state index contributed by atoms with van der Waals surface area (Å²) in [7, 11) is 0. The maximum absolute atomic E-state index is 11.4. The van der Waals surface area contributed by atoms with Gasteiger partial charge in [0.1, 0.15) is 0 Å². The van der Waals surface area contributed by atoms with Crippen molar-refractivity contribution in [3.05, 3.63) is 0 Å². The molecule has 16 heavy (non-hydrogen) atoms. The molecular weight excluding hydrogens is 202 g/mol. The van der Waals surface area contributed by atoms with Crippen LogP contribution in [0.5, 0.6) is 0 Å². The van der Waals surface area contributed by atoms with Gasteiger partial charge in [0.25, 0.3) is 0 Å². The SMILES string of the molecule is CCOC(=O)CN(CCCC(C)C)C(C)C. The van der Waals surface area contributed by atoms with E-state index < -0.39 is 0 Å². The van der Waals surface area contributed by atoms with Gasteiger partial charge in [0.2, 0.25) is 0 Å². The lowest BCUT2D eigenvalue weighted by atomic mass is 10.1. The highest BCUT2D eigenvalue weighted by molar-refractivity contribution is 5.71. The van der Waals surface area contributed by atoms with E-state index in [2.05, 4.69) is 32.6 Å². The molecule has 0 spiro atoms. The molecule has 0 saturated heterocycles. The van der Waals surface area contributed by atoms with E-state index in [4.69, 9.17) is 4.74 Å². The first kappa shape index (κ1) is 15.4. The number of hydrogen-bond acceptors (Lipinski definition) is 3. The molecular formula is C13H27NO2. The molecule has 0 rings (SSSR count). The molecule has 0 aliphatic carbocycles. The quantitative estimate of drug-likeness (QED) is 0.599. The Hall–Kier alpha value is -0.570. The minimum absolute atomic E-state index is 0.110. The van der Waals surface area contributed by atoms with Crippen molar-refractivity contribution in [2.24, 2.45) is 5.92 Å². The summed E-state index contributed by atoms with van der Waals surface area (Å²) in [5, 5.41) is 0. The van der Waals surface area contributed by atoms with Crippen molar-refractivity contribution >= 4 is 5.97 Å². The van der Waals surface area contributed by atoms with Gasteiger partial charge < -0.3 is 4.74 Å². The molecule has 0 aliphatic heterocycles. The van der Waals surface area contributed by atoms with Crippen molar-refractivity contribution in [3.63, 3.8) is 0 Å². The number of ether oxygens (including phenoxy) is 1. The summed E-state index contributed by atoms with van der Waals surface area (Å²) >= 11 is 0. The third-order valence-corrected chi connectivity index (χ3v) is 2.59. The first-order valence-corrected chi connectivity index (χ1v) is 6.37. The predicted octanol–water partition coefficient (Wildman–Crippen LogP) is 2.70. The van der Waals surface area contributed by atoms with E-state index in [1.54, 1.807) is 0 Å². The average Bonchev–Trinajstić information content (AvgIpc) is 2.15. The molecule has 0 amide bonds. The molecule has 96 valence electrons. The summed E-state index contributed by atoms with van der Waals surface area (Å²) < 4.78 is 4.97. The van der Waals surface area contributed by atoms with Crippen molar-refractivity contribution in [1.29, 1.82) is 0 Å². The van der Waals surface area contributed by atoms with Gasteiger partial charge in [0.05, 0.1) is 13.2 Å². The third kappa shape index (κ3) is 7.69. The highest BCUT2D eigenvalue weighted by Crippen LogP contribution is 2.07. The largest absolute Gasteiger partial charge is 0.465 e. The Labute approximate surface area is 100 Å². The van der Waals surface area contributed by atoms with Crippen molar-refractivity contribution in [2.75, 3.05) is 19.7 Å². The van der Waals surface area contributed by atoms with Gasteiger partial charge in [-0.05, 0) is 46.1 Å². The molecule has 0 unspecified atom stereocenters. The van der Waals surface area contributed by atoms with Crippen LogP contribution < -0.4 is 0 Å². The average molecular weight is 229 g/mol. The number of nitrogens with zero attached hydrogens (tertiary/aromatic N) is 1. The van der Waals surface area contributed by atoms with Gasteiger partial charge in [-0.2, -0.15) is 0 Å². The van der Waals surface area contributed by atoms with E-state index in [9.17, 15) is 4.79 Å². The third-order valence-electron chi connectivity index (χ3n) is 2.59. The van der Waals surface area contributed by atoms with E-state index >= 15 is 0 Å². The van der Waals surface area contributed by atoms with Crippen LogP contribution >= 0.6 is 0 Å². The van der Waals surface area contributed by atoms with Gasteiger partial charge in [0.15, 0.2) is 0 Å². The molecule has 0 bridgehead atoms. The zero-order chi connectivity index (χ0) is 12.6. The van der Waals surface area contributed by atoms with Gasteiger partial charge in [0, 0.05) is 6.04 Å². The van der Waals surface area contributed by atoms with Crippen LogP contribution in [-0.4, -0.2) is 36.6 Å². The fourth-order valence-corrected chi connectivity index (χ4v) is 1.59. The number of esters is 1. The predicted molar refractivity (Wildman–Crippen MR) is 67.4 cm³/mol. The van der Waals surface area contributed by atoms with Gasteiger partial charge in [-0.1, -0.05) is 13.8 Å². The summed E-state index contributed by atoms with van der Waals surface area (Å²) in [4.78, 5) is 13.6. The lowest BCUT2D eigenvalue weighted by molar-refractivity contribution is -0.144. The molecule has 0 N–H and O–H groups in total. The zero-order valence-electron chi connectivity index (χ0n) is 11.5. The van der Waals surface area contributed by atoms with Gasteiger partial charge in [-0.15, -0.1) is 0 Å². The molecule has 0 radical (unpaired) electrons. The first-order valence-electron chi connectivity index (χ1n) is 6.37. The summed E-state index contributed by atoms with van der Waals surface area (Å²) in [6, 6.07) is 0.400. The van der Waals surface area contributed by atoms with Crippen LogP contribution in [0.25, 0.3) is 0 Å². The lowest BCUT2D eigenvalue weighted by Gasteiger charge is -2.25. The van der Waals surface area contributed by atoms with Gasteiger partial charge >= 0.3 is 5.97 Å². The Balaban J connectivity index is 3.93. The minimum Gasteiger partial charge on any atom is -0.465 e. The summed E-state index contributed by atoms with van der Waals surface area (Å²) in [5.74, 6) is 0.623. The molecule has 0 atom stereocenters. The normalized spacial score (nSPS) is 11.5. The van der Waals surface area contributed by atoms with E-state index in [0.29, 0.717) is 19.2 Å². The molecule has 0 aromatic heterocycles. The Morgan fingerprint density at radius 3 is 2.31 bits per heavy atom. The van der Waals surface area contributed by atoms with Crippen LogP contribution in [-0.2, 0) is 9.53 Å². The molecule has 3 heteroatoms. The Bertz CT molecular complexity index is 190. The van der Waals surface area contributed by atoms with Crippen molar-refractivity contribution in [2.45, 2.75) is 53.5 Å². The van der Waals surface area contributed by atoms with Crippen molar-refractivity contribution in [3.8, 4) is 0 Å². The number of rotatable bonds is 8. The van der Waals surface area contributed by atoms with Crippen LogP contribution in [0.1, 0.15) is 47.5 Å². The van der Waals surface area contributed by atoms with E-state index in [1.807, 2.05) is 6.92 Å². The van der Waals surface area contributed by atoms with E-state index in [1.165, 1.54) is 6.42 Å². The van der Waals surface area contributed by atoms with Crippen LogP contribution in [0.4, 0.5) is 0 Å². The smallest absolute Gasteiger partial charge is 0.320 e. The molecule has 0 aromatic carbocycles. The number of hydrogen-bond donors (Lipinski definition) is 0. The highest BCUT2D eigenvalue weighted by Gasteiger charge is 2.14. The second-order valence-electron chi connectivity index (χ2n) is 4.91. The number of carbonyl (C=O) groups excluding carboxylic acids is 1. The Kier molecular flexibility index (Phi) is 8.26. The Morgan fingerprint density at radius 2 is 1.88 bits per heavy atom. The van der Waals surface area contributed by atoms with Gasteiger partial charge in [-0.25, -0.2) is 0 Å². The first-order chi connectivity index (χ1) is 7.47. The molecule has 0 heterocycles. The lowest BCUT2D eigenvalue weighted by Crippen LogP contribution is -2.37. The second kappa shape index (κ2) is 8.57. The second-order valence-corrected chi connectivity index (χ2v) is 4.91. The van der Waals surface area contributed by atoms with Crippen LogP contribution in [0.15, 0.2) is 0 Å². The molecule has 0 fully saturated rings. The molecule has 3 nitrogen and oxygen atoms in total. The zero-order valence-corrected chi connectivity index (χ0v) is 11.5. The summed E-state index contributed by atoms with van der Waals surface area (Å²) in [6.07, 6.45) is 2.36. The van der Waals surface area contributed by atoms with Crippen LogP contribution in [0.2, 0.25) is 0 Å². The fourth-order valence-electron chi connectivity index (χ4n) is 1.59. The maximum Gasteiger partial charge on any atom is 0.320 e. The van der Waals surface area contributed by atoms with E-state index in [-0.39, 0.29) is 5.97 Å². The monoisotopic (exact) mass is 229 g/mol. The maximum atomic E-state index is 11.4. The molecule has 0 saturated carbocycles. The van der Waals surface area contributed by atoms with Crippen molar-refractivity contribution in [1.82, 2.24) is 4.90 Å². The summed E-state index contributed by atoms with van der Waals surface area (Å²) in [6.45, 7) is 12.4. The topological polar surface area (TPSA) is 29.5 Å². The van der Waals surface area contributed by atoms with E-state index in [0.717, 1.165) is 18.9 Å². The standard InChI is InChI=1S/C13H27NO2/c1-6-16-13(15)10-14(12(4)5)9-7-8-11(2)3/h11-12H,6-10H2,1-5H3. The number of carbonyl (C=O) groups is 1. The molecule has 0 aliphatic rings. The molecule has 0 aromatic rings. The Morgan fingerprint density at radius 1 is 1.25 bits per heavy atom. The van der Waals surface area contributed by atoms with Crippen molar-refractivity contribution < 1.29 is 9.53 Å². The van der Waals surface area contributed by atoms with Gasteiger partial charge in [-0.3, -0.25) is 9.69 Å². The fraction of sp³-hybridized carbons (Fsp3) is 0.923. The minimum atomic E-state index is -0.110. The van der Waals surface area contributed by atoms with Crippen LogP contribution in [0, 0.1) is 5.92 Å².